The van der Waals surface area contributed by atoms with E-state index in [-0.39, 0.29) is 28.4 Å². The molecule has 6 nitrogen and oxygen atoms in total. The molecule has 8 heteroatoms. The van der Waals surface area contributed by atoms with Crippen molar-refractivity contribution in [1.82, 2.24) is 24.5 Å². The van der Waals surface area contributed by atoms with E-state index in [9.17, 15) is 4.39 Å². The summed E-state index contributed by atoms with van der Waals surface area (Å²) >= 11 is 5.89. The summed E-state index contributed by atoms with van der Waals surface area (Å²) in [4.78, 5) is 16.1. The Hall–Kier alpha value is -2.54. The molecule has 0 amide bonds. The maximum absolute atomic E-state index is 14.3. The fourth-order valence-corrected chi connectivity index (χ4v) is 1.95. The molecular formula is C13H9ClFN5O. The number of imidazole rings is 1. The first-order chi connectivity index (χ1) is 10.2. The molecule has 0 atom stereocenters. The van der Waals surface area contributed by atoms with Gasteiger partial charge in [0.25, 0.3) is 0 Å². The number of hydrogen-bond donors (Lipinski definition) is 0. The molecule has 0 saturated carbocycles. The van der Waals surface area contributed by atoms with Gasteiger partial charge in [0, 0.05) is 12.4 Å². The van der Waals surface area contributed by atoms with E-state index in [1.54, 1.807) is 29.1 Å². The fraction of sp³-hybridized carbons (Fsp3) is 0.0769. The minimum atomic E-state index is -0.557. The summed E-state index contributed by atoms with van der Waals surface area (Å²) < 4.78 is 20.8. The summed E-state index contributed by atoms with van der Waals surface area (Å²) in [7, 11) is 1.39. The van der Waals surface area contributed by atoms with Crippen LogP contribution in [-0.2, 0) is 0 Å². The van der Waals surface area contributed by atoms with Gasteiger partial charge in [0.15, 0.2) is 17.4 Å². The second kappa shape index (κ2) is 5.45. The van der Waals surface area contributed by atoms with E-state index in [0.29, 0.717) is 0 Å². The van der Waals surface area contributed by atoms with Gasteiger partial charge in [-0.05, 0) is 23.7 Å². The number of methoxy groups -OCH3 is 1. The largest absolute Gasteiger partial charge is 0.494 e. The highest BCUT2D eigenvalue weighted by Gasteiger charge is 2.15. The third-order valence-electron chi connectivity index (χ3n) is 2.76. The van der Waals surface area contributed by atoms with Crippen LogP contribution in [0, 0.1) is 5.82 Å². The molecule has 0 aliphatic rings. The van der Waals surface area contributed by atoms with Gasteiger partial charge in [0.05, 0.1) is 12.7 Å². The van der Waals surface area contributed by atoms with Gasteiger partial charge >= 0.3 is 0 Å². The highest BCUT2D eigenvalue weighted by molar-refractivity contribution is 6.28. The Morgan fingerprint density at radius 1 is 1.24 bits per heavy atom. The Bertz CT molecular complexity index is 778. The lowest BCUT2D eigenvalue weighted by Crippen LogP contribution is -2.04. The molecule has 0 saturated heterocycles. The van der Waals surface area contributed by atoms with Crippen LogP contribution in [0.15, 0.2) is 36.9 Å². The lowest BCUT2D eigenvalue weighted by atomic mass is 10.2. The Labute approximate surface area is 124 Å². The highest BCUT2D eigenvalue weighted by atomic mass is 35.5. The first-order valence-corrected chi connectivity index (χ1v) is 6.29. The van der Waals surface area contributed by atoms with Crippen LogP contribution in [-0.4, -0.2) is 31.6 Å². The summed E-state index contributed by atoms with van der Waals surface area (Å²) in [5.74, 6) is -0.0770. The molecule has 0 aliphatic heterocycles. The minimum Gasteiger partial charge on any atom is -0.494 e. The van der Waals surface area contributed by atoms with E-state index in [1.807, 2.05) is 0 Å². The molecule has 0 spiro atoms. The third-order valence-corrected chi connectivity index (χ3v) is 2.92. The summed E-state index contributed by atoms with van der Waals surface area (Å²) in [6.45, 7) is 0. The van der Waals surface area contributed by atoms with Gasteiger partial charge in [-0.2, -0.15) is 15.0 Å². The van der Waals surface area contributed by atoms with Crippen molar-refractivity contribution in [2.75, 3.05) is 7.11 Å². The number of aromatic nitrogens is 5. The number of benzene rings is 1. The number of ether oxygens (including phenoxy) is 1. The summed E-state index contributed by atoms with van der Waals surface area (Å²) in [5, 5.41) is -0.0362. The zero-order chi connectivity index (χ0) is 14.8. The van der Waals surface area contributed by atoms with Crippen LogP contribution < -0.4 is 4.74 Å². The Kier molecular flexibility index (Phi) is 3.49. The van der Waals surface area contributed by atoms with Crippen molar-refractivity contribution in [2.24, 2.45) is 0 Å². The van der Waals surface area contributed by atoms with Crippen molar-refractivity contribution in [3.05, 3.63) is 48.0 Å². The zero-order valence-corrected chi connectivity index (χ0v) is 11.6. The third kappa shape index (κ3) is 2.55. The fourth-order valence-electron chi connectivity index (χ4n) is 1.79. The van der Waals surface area contributed by atoms with Crippen molar-refractivity contribution in [2.45, 2.75) is 0 Å². The van der Waals surface area contributed by atoms with Crippen LogP contribution in [0.25, 0.3) is 17.3 Å². The van der Waals surface area contributed by atoms with Crippen molar-refractivity contribution in [1.29, 1.82) is 0 Å². The molecule has 1 aromatic carbocycles. The Morgan fingerprint density at radius 2 is 2.10 bits per heavy atom. The number of halogens is 2. The molecule has 0 aliphatic carbocycles. The van der Waals surface area contributed by atoms with Crippen LogP contribution in [0.1, 0.15) is 0 Å². The molecule has 106 valence electrons. The standard InChI is InChI=1S/C13H9ClFN5O/c1-21-9-4-2-3-8(10(9)15)11-17-12(14)19-13(18-11)20-6-5-16-7-20/h2-7H,1H3. The molecule has 0 radical (unpaired) electrons. The lowest BCUT2D eigenvalue weighted by Gasteiger charge is -2.08. The van der Waals surface area contributed by atoms with Crippen molar-refractivity contribution in [3.8, 4) is 23.1 Å². The molecule has 0 fully saturated rings. The Morgan fingerprint density at radius 3 is 2.81 bits per heavy atom. The summed E-state index contributed by atoms with van der Waals surface area (Å²) in [6.07, 6.45) is 4.73. The van der Waals surface area contributed by atoms with Crippen LogP contribution in [0.4, 0.5) is 4.39 Å². The average molecular weight is 306 g/mol. The van der Waals surface area contributed by atoms with Gasteiger partial charge < -0.3 is 4.74 Å². The monoisotopic (exact) mass is 305 g/mol. The maximum Gasteiger partial charge on any atom is 0.239 e. The van der Waals surface area contributed by atoms with E-state index in [4.69, 9.17) is 16.3 Å². The van der Waals surface area contributed by atoms with Gasteiger partial charge in [0.2, 0.25) is 11.2 Å². The predicted molar refractivity (Wildman–Crippen MR) is 73.9 cm³/mol. The molecule has 2 heterocycles. The van der Waals surface area contributed by atoms with E-state index in [1.165, 1.54) is 19.5 Å². The zero-order valence-electron chi connectivity index (χ0n) is 10.9. The number of rotatable bonds is 3. The SMILES string of the molecule is COc1cccc(-c2nc(Cl)nc(-n3ccnc3)n2)c1F. The van der Waals surface area contributed by atoms with Crippen LogP contribution in [0.2, 0.25) is 5.28 Å². The first-order valence-electron chi connectivity index (χ1n) is 5.92. The minimum absolute atomic E-state index is 0.0362. The highest BCUT2D eigenvalue weighted by Crippen LogP contribution is 2.27. The quantitative estimate of drug-likeness (QED) is 0.744. The molecule has 21 heavy (non-hydrogen) atoms. The molecule has 3 rings (SSSR count). The number of hydrogen-bond acceptors (Lipinski definition) is 5. The average Bonchev–Trinajstić information content (AvgIpc) is 3.01. The van der Waals surface area contributed by atoms with E-state index in [2.05, 4.69) is 19.9 Å². The van der Waals surface area contributed by atoms with Crippen molar-refractivity contribution in [3.63, 3.8) is 0 Å². The van der Waals surface area contributed by atoms with Gasteiger partial charge in [-0.15, -0.1) is 0 Å². The smallest absolute Gasteiger partial charge is 0.239 e. The molecule has 3 aromatic rings. The molecule has 0 bridgehead atoms. The van der Waals surface area contributed by atoms with Crippen LogP contribution >= 0.6 is 11.6 Å². The maximum atomic E-state index is 14.3. The Balaban J connectivity index is 2.15. The normalized spacial score (nSPS) is 10.6. The lowest BCUT2D eigenvalue weighted by molar-refractivity contribution is 0.387. The second-order valence-corrected chi connectivity index (χ2v) is 4.36. The van der Waals surface area contributed by atoms with Crippen molar-refractivity contribution < 1.29 is 9.13 Å². The van der Waals surface area contributed by atoms with Gasteiger partial charge in [-0.1, -0.05) is 6.07 Å². The van der Waals surface area contributed by atoms with Crippen LogP contribution in [0.3, 0.4) is 0 Å². The van der Waals surface area contributed by atoms with E-state index >= 15 is 0 Å². The molecule has 2 aromatic heterocycles. The summed E-state index contributed by atoms with van der Waals surface area (Å²) in [5.41, 5.74) is 0.181. The second-order valence-electron chi connectivity index (χ2n) is 4.02. The predicted octanol–water partition coefficient (Wildman–Crippen LogP) is 2.53. The first kappa shape index (κ1) is 13.4. The van der Waals surface area contributed by atoms with Crippen molar-refractivity contribution >= 4 is 11.6 Å². The van der Waals surface area contributed by atoms with E-state index in [0.717, 1.165) is 0 Å². The van der Waals surface area contributed by atoms with Gasteiger partial charge in [-0.25, -0.2) is 9.37 Å². The summed E-state index contributed by atoms with van der Waals surface area (Å²) in [6, 6.07) is 4.70. The van der Waals surface area contributed by atoms with E-state index < -0.39 is 5.82 Å². The van der Waals surface area contributed by atoms with Crippen LogP contribution in [0.5, 0.6) is 5.75 Å². The molecular weight excluding hydrogens is 297 g/mol. The van der Waals surface area contributed by atoms with Gasteiger partial charge in [-0.3, -0.25) is 4.57 Å². The topological polar surface area (TPSA) is 65.7 Å². The molecule has 0 unspecified atom stereocenters. The van der Waals surface area contributed by atoms with Gasteiger partial charge in [0.1, 0.15) is 6.33 Å². The molecule has 0 N–H and O–H groups in total. The number of nitrogens with zero attached hydrogens (tertiary/aromatic N) is 5.